The summed E-state index contributed by atoms with van der Waals surface area (Å²) < 4.78 is 19.2. The second kappa shape index (κ2) is 18.0. The Hall–Kier alpha value is -5.15. The Morgan fingerprint density at radius 2 is 1.65 bits per heavy atom. The number of aromatic nitrogens is 4. The Labute approximate surface area is 327 Å². The number of halogens is 1. The summed E-state index contributed by atoms with van der Waals surface area (Å²) in [7, 11) is 0. The van der Waals surface area contributed by atoms with Crippen molar-refractivity contribution in [1.82, 2.24) is 30.0 Å². The van der Waals surface area contributed by atoms with E-state index in [4.69, 9.17) is 25.8 Å². The molecule has 5 aromatic rings. The molecule has 0 bridgehead atoms. The lowest BCUT2D eigenvalue weighted by Crippen LogP contribution is -2.34. The number of aromatic amines is 2. The molecule has 11 nitrogen and oxygen atoms in total. The minimum absolute atomic E-state index is 0.0577. The third-order valence-corrected chi connectivity index (χ3v) is 11.0. The number of rotatable bonds is 15. The molecule has 12 heteroatoms. The van der Waals surface area contributed by atoms with Gasteiger partial charge in [-0.25, -0.2) is 9.89 Å². The van der Waals surface area contributed by atoms with Crippen molar-refractivity contribution in [3.63, 3.8) is 0 Å². The molecule has 0 saturated carbocycles. The highest BCUT2D eigenvalue weighted by Crippen LogP contribution is 2.38. The number of likely N-dealkylation sites (tertiary alicyclic amines) is 2. The summed E-state index contributed by atoms with van der Waals surface area (Å²) in [4.78, 5) is 23.8. The Morgan fingerprint density at radius 3 is 2.45 bits per heavy atom. The zero-order valence-corrected chi connectivity index (χ0v) is 32.3. The van der Waals surface area contributed by atoms with E-state index >= 15 is 0 Å². The Morgan fingerprint density at radius 1 is 0.873 bits per heavy atom. The van der Waals surface area contributed by atoms with Gasteiger partial charge >= 0.3 is 5.69 Å². The molecule has 3 aromatic carbocycles. The van der Waals surface area contributed by atoms with Gasteiger partial charge in [-0.05, 0) is 112 Å². The fourth-order valence-corrected chi connectivity index (χ4v) is 7.95. The lowest BCUT2D eigenvalue weighted by molar-refractivity contribution is 0.132. The summed E-state index contributed by atoms with van der Waals surface area (Å²) in [6, 6.07) is 20.2. The first kappa shape index (κ1) is 38.1. The van der Waals surface area contributed by atoms with Gasteiger partial charge in [0.05, 0.1) is 23.2 Å². The predicted octanol–water partition coefficient (Wildman–Crippen LogP) is 8.05. The molecule has 0 spiro atoms. The van der Waals surface area contributed by atoms with Crippen molar-refractivity contribution in [3.05, 3.63) is 122 Å². The van der Waals surface area contributed by atoms with Gasteiger partial charge in [0.2, 0.25) is 0 Å². The molecular formula is C43H48ClN7O4. The van der Waals surface area contributed by atoms with E-state index in [1.165, 1.54) is 32.1 Å². The second-order valence-corrected chi connectivity index (χ2v) is 14.9. The van der Waals surface area contributed by atoms with Gasteiger partial charge in [-0.1, -0.05) is 48.4 Å². The molecule has 1 unspecified atom stereocenters. The lowest BCUT2D eigenvalue weighted by atomic mass is 9.93. The van der Waals surface area contributed by atoms with Gasteiger partial charge in [-0.2, -0.15) is 10.4 Å². The van der Waals surface area contributed by atoms with E-state index in [0.717, 1.165) is 83.5 Å². The van der Waals surface area contributed by atoms with Gasteiger partial charge in [0.1, 0.15) is 42.4 Å². The molecule has 1 atom stereocenters. The van der Waals surface area contributed by atoms with E-state index in [0.29, 0.717) is 47.7 Å². The highest BCUT2D eigenvalue weighted by molar-refractivity contribution is 6.32. The van der Waals surface area contributed by atoms with Gasteiger partial charge in [-0.15, -0.1) is 0 Å². The van der Waals surface area contributed by atoms with Crippen LogP contribution in [0.4, 0.5) is 0 Å². The highest BCUT2D eigenvalue weighted by atomic mass is 35.5. The van der Waals surface area contributed by atoms with Crippen LogP contribution in [0.5, 0.6) is 17.2 Å². The molecule has 55 heavy (non-hydrogen) atoms. The fraction of sp³-hybridized carbons (Fsp3) is 0.395. The molecule has 7 rings (SSSR count). The lowest BCUT2D eigenvalue weighted by Gasteiger charge is -2.34. The topological polar surface area (TPSA) is 132 Å². The largest absolute Gasteiger partial charge is 0.493 e. The van der Waals surface area contributed by atoms with Crippen LogP contribution in [0.2, 0.25) is 5.02 Å². The second-order valence-electron chi connectivity index (χ2n) is 14.5. The molecule has 2 aromatic heterocycles. The fourth-order valence-electron chi connectivity index (χ4n) is 7.71. The van der Waals surface area contributed by atoms with Crippen molar-refractivity contribution in [2.24, 2.45) is 0 Å². The minimum atomic E-state index is -0.320. The monoisotopic (exact) mass is 761 g/mol. The van der Waals surface area contributed by atoms with E-state index in [1.54, 1.807) is 12.3 Å². The smallest absolute Gasteiger partial charge is 0.340 e. The number of nitrogens with zero attached hydrogens (tertiary/aromatic N) is 5. The zero-order valence-electron chi connectivity index (χ0n) is 31.6. The van der Waals surface area contributed by atoms with Crippen molar-refractivity contribution in [2.45, 2.75) is 78.2 Å². The summed E-state index contributed by atoms with van der Waals surface area (Å²) in [6.07, 6.45) is 9.77. The van der Waals surface area contributed by atoms with E-state index < -0.39 is 0 Å². The van der Waals surface area contributed by atoms with Crippen molar-refractivity contribution in [1.29, 1.82) is 5.26 Å². The number of nitrogens with one attached hydrogen (secondary N) is 2. The van der Waals surface area contributed by atoms with Crippen molar-refractivity contribution >= 4 is 11.6 Å². The first-order chi connectivity index (χ1) is 26.9. The van der Waals surface area contributed by atoms with Crippen LogP contribution in [0.25, 0.3) is 11.1 Å². The van der Waals surface area contributed by atoms with Crippen LogP contribution in [-0.2, 0) is 19.8 Å². The number of ether oxygens (including phenoxy) is 3. The highest BCUT2D eigenvalue weighted by Gasteiger charge is 2.28. The molecule has 2 aliphatic rings. The molecule has 2 saturated heterocycles. The van der Waals surface area contributed by atoms with Gasteiger partial charge in [0, 0.05) is 42.7 Å². The Kier molecular flexibility index (Phi) is 12.5. The quantitative estimate of drug-likeness (QED) is 0.102. The average Bonchev–Trinajstić information content (AvgIpc) is 3.89. The zero-order chi connectivity index (χ0) is 38.1. The summed E-state index contributed by atoms with van der Waals surface area (Å²) in [6.45, 7) is 10.3. The third kappa shape index (κ3) is 9.39. The van der Waals surface area contributed by atoms with Crippen LogP contribution in [0.3, 0.4) is 0 Å². The van der Waals surface area contributed by atoms with Crippen LogP contribution in [0.15, 0.2) is 71.8 Å². The summed E-state index contributed by atoms with van der Waals surface area (Å²) in [5, 5.41) is 16.6. The Bertz CT molecular complexity index is 2190. The van der Waals surface area contributed by atoms with Crippen LogP contribution < -0.4 is 19.9 Å². The summed E-state index contributed by atoms with van der Waals surface area (Å²) in [5.74, 6) is 2.65. The van der Waals surface area contributed by atoms with E-state index in [2.05, 4.69) is 86.3 Å². The normalized spacial score (nSPS) is 16.2. The molecule has 4 heterocycles. The molecule has 0 amide bonds. The molecule has 2 N–H and O–H groups in total. The minimum Gasteiger partial charge on any atom is -0.493 e. The summed E-state index contributed by atoms with van der Waals surface area (Å²) >= 11 is 6.97. The number of benzene rings is 3. The molecule has 0 radical (unpaired) electrons. The van der Waals surface area contributed by atoms with Crippen LogP contribution >= 0.6 is 11.6 Å². The van der Waals surface area contributed by atoms with E-state index in [-0.39, 0.29) is 18.3 Å². The van der Waals surface area contributed by atoms with Crippen molar-refractivity contribution in [3.8, 4) is 34.4 Å². The standard InChI is InChI=1S/C43H48ClN7O4/c1-29-33(10-7-11-35(29)36-12-8-14-39(30(36)2)53-19-9-17-50-15-5-6-16-50)28-55-41-22-40(54-27-32-20-31(23-45)24-46-25-32)34(21-37(41)44)26-51-18-4-3-13-38(51)42-47-43(52)49-48-42/h7-8,10-12,14,20-22,24-25,38H,3-6,9,13,15-19,26-28H2,1-2H3,(H2,47,48,49,52). The third-order valence-electron chi connectivity index (χ3n) is 10.7. The van der Waals surface area contributed by atoms with Gasteiger partial charge in [-0.3, -0.25) is 14.9 Å². The molecule has 0 aliphatic carbocycles. The number of piperidine rings is 1. The van der Waals surface area contributed by atoms with Crippen LogP contribution in [0, 0.1) is 25.2 Å². The summed E-state index contributed by atoms with van der Waals surface area (Å²) in [5.41, 5.74) is 7.34. The van der Waals surface area contributed by atoms with Gasteiger partial charge < -0.3 is 19.1 Å². The van der Waals surface area contributed by atoms with Crippen LogP contribution in [0.1, 0.15) is 83.8 Å². The first-order valence-corrected chi connectivity index (χ1v) is 19.6. The molecule has 2 fully saturated rings. The van der Waals surface area contributed by atoms with E-state index in [1.807, 2.05) is 12.1 Å². The Balaban J connectivity index is 1.10. The van der Waals surface area contributed by atoms with Crippen molar-refractivity contribution in [2.75, 3.05) is 32.8 Å². The average molecular weight is 762 g/mol. The molecular weight excluding hydrogens is 714 g/mol. The number of nitriles is 1. The number of hydrogen-bond acceptors (Lipinski definition) is 9. The predicted molar refractivity (Wildman–Crippen MR) is 212 cm³/mol. The maximum atomic E-state index is 11.9. The maximum Gasteiger partial charge on any atom is 0.340 e. The van der Waals surface area contributed by atoms with Crippen molar-refractivity contribution < 1.29 is 14.2 Å². The first-order valence-electron chi connectivity index (χ1n) is 19.2. The SMILES string of the molecule is Cc1c(COc2cc(OCc3cncc(C#N)c3)c(CN3CCCCC3c3n[nH]c(=O)[nH]3)cc2Cl)cccc1-c1cccc(OCCCN2CCCC2)c1C. The molecule has 2 aliphatic heterocycles. The number of hydrogen-bond donors (Lipinski definition) is 2. The maximum absolute atomic E-state index is 11.9. The van der Waals surface area contributed by atoms with Crippen LogP contribution in [-0.4, -0.2) is 62.8 Å². The van der Waals surface area contributed by atoms with E-state index in [9.17, 15) is 10.1 Å². The number of H-pyrrole nitrogens is 2. The molecule has 286 valence electrons. The number of pyridine rings is 1. The van der Waals surface area contributed by atoms with Gasteiger partial charge in [0.25, 0.3) is 0 Å². The van der Waals surface area contributed by atoms with Gasteiger partial charge in [0.15, 0.2) is 0 Å².